The van der Waals surface area contributed by atoms with Crippen LogP contribution >= 0.6 is 22.7 Å². The van der Waals surface area contributed by atoms with E-state index >= 15 is 0 Å². The first-order valence-electron chi connectivity index (χ1n) is 8.09. The highest BCUT2D eigenvalue weighted by atomic mass is 32.1. The van der Waals surface area contributed by atoms with E-state index in [1.807, 2.05) is 53.6 Å². The minimum absolute atomic E-state index is 0.0699. The number of aryl methyl sites for hydroxylation is 2. The Hall–Kier alpha value is -2.11. The fourth-order valence-corrected chi connectivity index (χ4v) is 4.39. The normalized spacial score (nSPS) is 10.7. The summed E-state index contributed by atoms with van der Waals surface area (Å²) in [5.74, 6) is 0.880. The minimum Gasteiger partial charge on any atom is -0.496 e. The highest BCUT2D eigenvalue weighted by Crippen LogP contribution is 2.26. The molecule has 0 spiro atoms. The van der Waals surface area contributed by atoms with Gasteiger partial charge in [-0.3, -0.25) is 4.79 Å². The van der Waals surface area contributed by atoms with Gasteiger partial charge in [0.1, 0.15) is 5.75 Å². The lowest BCUT2D eigenvalue weighted by Crippen LogP contribution is -2.29. The molecule has 2 aromatic heterocycles. The van der Waals surface area contributed by atoms with Gasteiger partial charge in [-0.1, -0.05) is 24.3 Å². The van der Waals surface area contributed by atoms with E-state index in [9.17, 15) is 4.79 Å². The highest BCUT2D eigenvalue weighted by Gasteiger charge is 2.20. The Balaban J connectivity index is 1.90. The molecule has 0 aliphatic rings. The molecule has 1 aromatic carbocycles. The SMILES string of the molecule is COc1ccccc1CN(Cc1cccs1)C(=O)c1cc(C)c(C)s1. The predicted octanol–water partition coefficient (Wildman–Crippen LogP) is 5.28. The Bertz CT molecular complexity index is 833. The molecule has 1 amide bonds. The first-order valence-corrected chi connectivity index (χ1v) is 9.78. The second-order valence-electron chi connectivity index (χ2n) is 5.90. The van der Waals surface area contributed by atoms with Crippen LogP contribution in [0.5, 0.6) is 5.75 Å². The molecule has 0 unspecified atom stereocenters. The van der Waals surface area contributed by atoms with Crippen molar-refractivity contribution >= 4 is 28.6 Å². The number of hydrogen-bond donors (Lipinski definition) is 0. The lowest BCUT2D eigenvalue weighted by Gasteiger charge is -2.23. The van der Waals surface area contributed by atoms with E-state index in [1.165, 1.54) is 15.3 Å². The van der Waals surface area contributed by atoms with Crippen LogP contribution in [-0.2, 0) is 13.1 Å². The lowest BCUT2D eigenvalue weighted by atomic mass is 10.1. The molecule has 0 saturated carbocycles. The Morgan fingerprint density at radius 3 is 2.56 bits per heavy atom. The molecule has 0 saturated heterocycles. The summed E-state index contributed by atoms with van der Waals surface area (Å²) in [6, 6.07) is 13.9. The maximum Gasteiger partial charge on any atom is 0.264 e. The second kappa shape index (κ2) is 7.85. The van der Waals surface area contributed by atoms with Crippen molar-refractivity contribution in [3.63, 3.8) is 0 Å². The van der Waals surface area contributed by atoms with Gasteiger partial charge in [0.05, 0.1) is 25.1 Å². The smallest absolute Gasteiger partial charge is 0.264 e. The number of amides is 1. The van der Waals surface area contributed by atoms with Crippen LogP contribution in [-0.4, -0.2) is 17.9 Å². The van der Waals surface area contributed by atoms with E-state index in [2.05, 4.69) is 13.0 Å². The summed E-state index contributed by atoms with van der Waals surface area (Å²) in [7, 11) is 1.66. The van der Waals surface area contributed by atoms with Crippen LogP contribution in [0.4, 0.5) is 0 Å². The first kappa shape index (κ1) is 17.7. The summed E-state index contributed by atoms with van der Waals surface area (Å²) in [6.45, 7) is 5.23. The molecule has 0 radical (unpaired) electrons. The van der Waals surface area contributed by atoms with Gasteiger partial charge in [0.15, 0.2) is 0 Å². The summed E-state index contributed by atoms with van der Waals surface area (Å²) in [5.41, 5.74) is 2.18. The van der Waals surface area contributed by atoms with E-state index in [0.29, 0.717) is 13.1 Å². The fourth-order valence-electron chi connectivity index (χ4n) is 2.66. The number of methoxy groups -OCH3 is 1. The predicted molar refractivity (Wildman–Crippen MR) is 105 cm³/mol. The van der Waals surface area contributed by atoms with Gasteiger partial charge in [0, 0.05) is 15.3 Å². The molecule has 0 bridgehead atoms. The number of nitrogens with zero attached hydrogens (tertiary/aromatic N) is 1. The van der Waals surface area contributed by atoms with Crippen LogP contribution in [0.3, 0.4) is 0 Å². The average molecular weight is 372 g/mol. The molecule has 0 atom stereocenters. The molecule has 0 N–H and O–H groups in total. The van der Waals surface area contributed by atoms with Crippen LogP contribution in [0.1, 0.15) is 30.6 Å². The summed E-state index contributed by atoms with van der Waals surface area (Å²) in [6.07, 6.45) is 0. The highest BCUT2D eigenvalue weighted by molar-refractivity contribution is 7.14. The van der Waals surface area contributed by atoms with E-state index in [0.717, 1.165) is 16.2 Å². The van der Waals surface area contributed by atoms with Gasteiger partial charge in [-0.05, 0) is 43.0 Å². The molecular formula is C20H21NO2S2. The molecule has 130 valence electrons. The molecule has 2 heterocycles. The molecule has 0 aliphatic carbocycles. The van der Waals surface area contributed by atoms with E-state index < -0.39 is 0 Å². The molecular weight excluding hydrogens is 350 g/mol. The summed E-state index contributed by atoms with van der Waals surface area (Å²) < 4.78 is 5.46. The van der Waals surface area contributed by atoms with Crippen LogP contribution < -0.4 is 4.74 Å². The third kappa shape index (κ3) is 4.11. The zero-order chi connectivity index (χ0) is 17.8. The van der Waals surface area contributed by atoms with Crippen molar-refractivity contribution in [1.29, 1.82) is 0 Å². The molecule has 0 aliphatic heterocycles. The summed E-state index contributed by atoms with van der Waals surface area (Å²) in [4.78, 5) is 18.2. The van der Waals surface area contributed by atoms with Crippen molar-refractivity contribution in [1.82, 2.24) is 4.90 Å². The number of ether oxygens (including phenoxy) is 1. The van der Waals surface area contributed by atoms with Crippen molar-refractivity contribution < 1.29 is 9.53 Å². The number of para-hydroxylation sites is 1. The molecule has 0 fully saturated rings. The van der Waals surface area contributed by atoms with E-state index in [1.54, 1.807) is 29.8 Å². The maximum absolute atomic E-state index is 13.1. The van der Waals surface area contributed by atoms with Crippen molar-refractivity contribution in [2.24, 2.45) is 0 Å². The Morgan fingerprint density at radius 2 is 1.92 bits per heavy atom. The molecule has 3 aromatic rings. The van der Waals surface area contributed by atoms with E-state index in [4.69, 9.17) is 4.74 Å². The molecule has 5 heteroatoms. The Morgan fingerprint density at radius 1 is 1.12 bits per heavy atom. The largest absolute Gasteiger partial charge is 0.496 e. The third-order valence-corrected chi connectivity index (χ3v) is 6.15. The number of carbonyl (C=O) groups excluding carboxylic acids is 1. The topological polar surface area (TPSA) is 29.5 Å². The number of benzene rings is 1. The van der Waals surface area contributed by atoms with Crippen LogP contribution in [0.15, 0.2) is 47.8 Å². The van der Waals surface area contributed by atoms with Gasteiger partial charge >= 0.3 is 0 Å². The van der Waals surface area contributed by atoms with E-state index in [-0.39, 0.29) is 5.91 Å². The Labute approximate surface area is 156 Å². The van der Waals surface area contributed by atoms with Crippen molar-refractivity contribution in [2.45, 2.75) is 26.9 Å². The zero-order valence-electron chi connectivity index (χ0n) is 14.6. The summed E-state index contributed by atoms with van der Waals surface area (Å²) in [5, 5.41) is 2.04. The molecule has 3 nitrogen and oxygen atoms in total. The lowest BCUT2D eigenvalue weighted by molar-refractivity contribution is 0.0735. The number of thiophene rings is 2. The monoisotopic (exact) mass is 371 g/mol. The second-order valence-corrected chi connectivity index (χ2v) is 8.19. The molecule has 25 heavy (non-hydrogen) atoms. The van der Waals surface area contributed by atoms with Crippen molar-refractivity contribution in [3.8, 4) is 5.75 Å². The minimum atomic E-state index is 0.0699. The van der Waals surface area contributed by atoms with Crippen molar-refractivity contribution in [2.75, 3.05) is 7.11 Å². The third-order valence-electron chi connectivity index (χ3n) is 4.14. The number of carbonyl (C=O) groups is 1. The van der Waals surface area contributed by atoms with Crippen LogP contribution in [0.2, 0.25) is 0 Å². The first-order chi connectivity index (χ1) is 12.1. The van der Waals surface area contributed by atoms with Crippen LogP contribution in [0, 0.1) is 13.8 Å². The number of rotatable bonds is 6. The fraction of sp³-hybridized carbons (Fsp3) is 0.250. The zero-order valence-corrected chi connectivity index (χ0v) is 16.2. The Kier molecular flexibility index (Phi) is 5.56. The van der Waals surface area contributed by atoms with Crippen molar-refractivity contribution in [3.05, 3.63) is 73.6 Å². The number of hydrogen-bond acceptors (Lipinski definition) is 4. The van der Waals surface area contributed by atoms with Gasteiger partial charge in [0.25, 0.3) is 5.91 Å². The maximum atomic E-state index is 13.1. The van der Waals surface area contributed by atoms with Gasteiger partial charge in [-0.2, -0.15) is 0 Å². The van der Waals surface area contributed by atoms with Crippen LogP contribution in [0.25, 0.3) is 0 Å². The average Bonchev–Trinajstić information content (AvgIpc) is 3.24. The van der Waals surface area contributed by atoms with Gasteiger partial charge < -0.3 is 9.64 Å². The quantitative estimate of drug-likeness (QED) is 0.590. The summed E-state index contributed by atoms with van der Waals surface area (Å²) >= 11 is 3.24. The van der Waals surface area contributed by atoms with Gasteiger partial charge in [-0.15, -0.1) is 22.7 Å². The van der Waals surface area contributed by atoms with Gasteiger partial charge in [-0.25, -0.2) is 0 Å². The molecule has 3 rings (SSSR count). The standard InChI is InChI=1S/C20H21NO2S2/c1-14-11-19(25-15(14)2)20(22)21(13-17-8-6-10-24-17)12-16-7-4-5-9-18(16)23-3/h4-11H,12-13H2,1-3H3. The van der Waals surface area contributed by atoms with Gasteiger partial charge in [0.2, 0.25) is 0 Å².